The maximum atomic E-state index is 11.5. The molecule has 0 spiro atoms. The summed E-state index contributed by atoms with van der Waals surface area (Å²) in [5, 5.41) is 18.2. The summed E-state index contributed by atoms with van der Waals surface area (Å²) in [7, 11) is 1.32. The van der Waals surface area contributed by atoms with Crippen LogP contribution in [0, 0.1) is 0 Å². The van der Waals surface area contributed by atoms with Crippen LogP contribution in [-0.2, 0) is 10.6 Å². The molecule has 0 saturated heterocycles. The Hall–Kier alpha value is -3.53. The molecular formula is C18H15N7O2S. The summed E-state index contributed by atoms with van der Waals surface area (Å²) in [6.45, 7) is 0. The topological polar surface area (TPSA) is 100 Å². The zero-order chi connectivity index (χ0) is 19.3. The first-order chi connectivity index (χ1) is 13.7. The molecule has 28 heavy (non-hydrogen) atoms. The number of thioether (sulfide) groups is 1. The number of aromatic nitrogens is 6. The highest BCUT2D eigenvalue weighted by molar-refractivity contribution is 7.98. The minimum atomic E-state index is -0.471. The number of fused-ring (bicyclic) bond motifs is 1. The van der Waals surface area contributed by atoms with Gasteiger partial charge in [-0.3, -0.25) is 9.67 Å². The molecule has 0 unspecified atom stereocenters. The Morgan fingerprint density at radius 3 is 3.07 bits per heavy atom. The first-order valence-electron chi connectivity index (χ1n) is 8.27. The van der Waals surface area contributed by atoms with E-state index in [4.69, 9.17) is 0 Å². The number of rotatable bonds is 6. The van der Waals surface area contributed by atoms with Crippen LogP contribution in [-0.4, -0.2) is 48.9 Å². The summed E-state index contributed by atoms with van der Waals surface area (Å²) in [4.78, 5) is 15.8. The third kappa shape index (κ3) is 3.76. The second kappa shape index (κ2) is 8.01. The number of para-hydroxylation sites is 1. The van der Waals surface area contributed by atoms with Crippen LogP contribution in [0.15, 0.2) is 65.4 Å². The average molecular weight is 393 g/mol. The van der Waals surface area contributed by atoms with Gasteiger partial charge >= 0.3 is 5.97 Å². The lowest BCUT2D eigenvalue weighted by atomic mass is 10.1. The molecule has 0 atom stereocenters. The second-order valence-electron chi connectivity index (χ2n) is 5.63. The van der Waals surface area contributed by atoms with Crippen molar-refractivity contribution in [3.05, 3.63) is 66.4 Å². The largest absolute Gasteiger partial charge is 0.464 e. The number of carbonyl (C=O) groups excluding carboxylic acids is 1. The van der Waals surface area contributed by atoms with Crippen molar-refractivity contribution in [2.24, 2.45) is 5.10 Å². The van der Waals surface area contributed by atoms with Gasteiger partial charge in [-0.1, -0.05) is 30.0 Å². The zero-order valence-electron chi connectivity index (χ0n) is 14.8. The number of nitrogens with zero attached hydrogens (tertiary/aromatic N) is 7. The van der Waals surface area contributed by atoms with E-state index in [1.54, 1.807) is 34.0 Å². The van der Waals surface area contributed by atoms with E-state index >= 15 is 0 Å². The third-order valence-corrected chi connectivity index (χ3v) is 4.79. The predicted octanol–water partition coefficient (Wildman–Crippen LogP) is 2.44. The molecule has 0 aliphatic carbocycles. The van der Waals surface area contributed by atoms with E-state index in [1.807, 2.05) is 30.3 Å². The molecule has 0 aliphatic heterocycles. The van der Waals surface area contributed by atoms with E-state index in [2.05, 4.69) is 30.1 Å². The van der Waals surface area contributed by atoms with E-state index in [-0.39, 0.29) is 5.69 Å². The molecule has 3 aromatic heterocycles. The van der Waals surface area contributed by atoms with Gasteiger partial charge in [-0.15, -0.1) is 10.2 Å². The molecule has 3 heterocycles. The van der Waals surface area contributed by atoms with Crippen LogP contribution in [0.25, 0.3) is 10.9 Å². The van der Waals surface area contributed by atoms with Crippen LogP contribution in [0.2, 0.25) is 0 Å². The SMILES string of the molecule is COC(=O)c1ccn(CSc2nncn2/N=C\c2ccnc3ccccc23)n1. The van der Waals surface area contributed by atoms with Crippen LogP contribution in [0.5, 0.6) is 0 Å². The Kier molecular flexibility index (Phi) is 5.11. The van der Waals surface area contributed by atoms with E-state index < -0.39 is 5.97 Å². The maximum Gasteiger partial charge on any atom is 0.358 e. The highest BCUT2D eigenvalue weighted by atomic mass is 32.2. The van der Waals surface area contributed by atoms with Crippen molar-refractivity contribution in [3.63, 3.8) is 0 Å². The molecule has 0 amide bonds. The lowest BCUT2D eigenvalue weighted by Crippen LogP contribution is -2.04. The van der Waals surface area contributed by atoms with Gasteiger partial charge in [0.05, 0.1) is 24.7 Å². The highest BCUT2D eigenvalue weighted by Gasteiger charge is 2.10. The summed E-state index contributed by atoms with van der Waals surface area (Å²) >= 11 is 1.39. The Labute approximate surface area is 164 Å². The molecule has 0 saturated carbocycles. The summed E-state index contributed by atoms with van der Waals surface area (Å²) in [5.41, 5.74) is 2.11. The molecule has 10 heteroatoms. The van der Waals surface area contributed by atoms with Crippen molar-refractivity contribution < 1.29 is 9.53 Å². The number of hydrogen-bond donors (Lipinski definition) is 0. The number of methoxy groups -OCH3 is 1. The van der Waals surface area contributed by atoms with E-state index in [0.29, 0.717) is 11.0 Å². The van der Waals surface area contributed by atoms with E-state index in [0.717, 1.165) is 16.5 Å². The van der Waals surface area contributed by atoms with Gasteiger partial charge in [0.1, 0.15) is 6.33 Å². The number of pyridine rings is 1. The second-order valence-corrected chi connectivity index (χ2v) is 6.54. The normalized spacial score (nSPS) is 11.3. The molecule has 4 aromatic rings. The fourth-order valence-electron chi connectivity index (χ4n) is 2.52. The summed E-state index contributed by atoms with van der Waals surface area (Å²) in [5.74, 6) is -0.0234. The smallest absolute Gasteiger partial charge is 0.358 e. The van der Waals surface area contributed by atoms with E-state index in [9.17, 15) is 4.79 Å². The molecule has 0 bridgehead atoms. The van der Waals surface area contributed by atoms with Crippen LogP contribution in [0.4, 0.5) is 0 Å². The van der Waals surface area contributed by atoms with Crippen molar-refractivity contribution in [3.8, 4) is 0 Å². The van der Waals surface area contributed by atoms with Crippen molar-refractivity contribution in [2.75, 3.05) is 7.11 Å². The number of carbonyl (C=O) groups is 1. The predicted molar refractivity (Wildman–Crippen MR) is 104 cm³/mol. The maximum absolute atomic E-state index is 11.5. The Balaban J connectivity index is 1.49. The van der Waals surface area contributed by atoms with Crippen molar-refractivity contribution in [2.45, 2.75) is 11.0 Å². The van der Waals surface area contributed by atoms with Crippen LogP contribution >= 0.6 is 11.8 Å². The summed E-state index contributed by atoms with van der Waals surface area (Å²) in [6, 6.07) is 11.4. The molecule has 0 radical (unpaired) electrons. The van der Waals surface area contributed by atoms with Gasteiger partial charge in [-0.25, -0.2) is 4.79 Å². The summed E-state index contributed by atoms with van der Waals surface area (Å²) in [6.07, 6.45) is 6.74. The summed E-state index contributed by atoms with van der Waals surface area (Å²) < 4.78 is 7.86. The third-order valence-electron chi connectivity index (χ3n) is 3.87. The quantitative estimate of drug-likeness (QED) is 0.282. The number of benzene rings is 1. The Morgan fingerprint density at radius 2 is 2.18 bits per heavy atom. The Bertz CT molecular complexity index is 1150. The fraction of sp³-hybridized carbons (Fsp3) is 0.111. The van der Waals surface area contributed by atoms with Crippen LogP contribution < -0.4 is 0 Å². The monoisotopic (exact) mass is 393 g/mol. The number of hydrogen-bond acceptors (Lipinski definition) is 8. The molecule has 0 N–H and O–H groups in total. The van der Waals surface area contributed by atoms with Gasteiger partial charge in [0.2, 0.25) is 5.16 Å². The van der Waals surface area contributed by atoms with Crippen LogP contribution in [0.1, 0.15) is 16.1 Å². The van der Waals surface area contributed by atoms with Gasteiger partial charge in [-0.2, -0.15) is 14.9 Å². The lowest BCUT2D eigenvalue weighted by Gasteiger charge is -2.02. The lowest BCUT2D eigenvalue weighted by molar-refractivity contribution is 0.0593. The Morgan fingerprint density at radius 1 is 1.29 bits per heavy atom. The van der Waals surface area contributed by atoms with Gasteiger partial charge < -0.3 is 4.74 Å². The molecule has 0 fully saturated rings. The fourth-order valence-corrected chi connectivity index (χ4v) is 3.24. The molecule has 9 nitrogen and oxygen atoms in total. The van der Waals surface area contributed by atoms with Crippen molar-refractivity contribution >= 4 is 34.8 Å². The first-order valence-corrected chi connectivity index (χ1v) is 9.26. The van der Waals surface area contributed by atoms with Crippen molar-refractivity contribution in [1.29, 1.82) is 0 Å². The highest BCUT2D eigenvalue weighted by Crippen LogP contribution is 2.18. The first kappa shape index (κ1) is 17.9. The van der Waals surface area contributed by atoms with Crippen molar-refractivity contribution in [1.82, 2.24) is 29.6 Å². The minimum Gasteiger partial charge on any atom is -0.464 e. The molecule has 4 rings (SSSR count). The number of esters is 1. The molecule has 140 valence electrons. The molecule has 0 aliphatic rings. The standard InChI is InChI=1S/C18H15N7O2S/c1-27-17(26)16-7-9-24(23-16)12-28-18-22-20-11-25(18)21-10-13-6-8-19-15-5-3-2-4-14(13)15/h2-11H,12H2,1H3/b21-10-. The zero-order valence-corrected chi connectivity index (χ0v) is 15.7. The van der Waals surface area contributed by atoms with Gasteiger partial charge in [-0.05, 0) is 18.2 Å². The number of ether oxygens (including phenoxy) is 1. The van der Waals surface area contributed by atoms with Gasteiger partial charge in [0.25, 0.3) is 0 Å². The molecule has 1 aromatic carbocycles. The molecular weight excluding hydrogens is 378 g/mol. The minimum absolute atomic E-state index is 0.257. The van der Waals surface area contributed by atoms with E-state index in [1.165, 1.54) is 25.2 Å². The van der Waals surface area contributed by atoms with Gasteiger partial charge in [0.15, 0.2) is 5.69 Å². The van der Waals surface area contributed by atoms with Crippen LogP contribution in [0.3, 0.4) is 0 Å². The van der Waals surface area contributed by atoms with Gasteiger partial charge in [0, 0.05) is 23.3 Å². The average Bonchev–Trinajstić information content (AvgIpc) is 3.39.